The first-order valence-electron chi connectivity index (χ1n) is 9.96. The number of aromatic amines is 2. The van der Waals surface area contributed by atoms with Crippen LogP contribution in [0.4, 0.5) is 13.2 Å². The average molecular weight is 464 g/mol. The van der Waals surface area contributed by atoms with Gasteiger partial charge in [0.1, 0.15) is 5.69 Å². The minimum Gasteiger partial charge on any atom is -0.273 e. The molecule has 0 unspecified atom stereocenters. The molecule has 8 nitrogen and oxygen atoms in total. The third kappa shape index (κ3) is 3.00. The summed E-state index contributed by atoms with van der Waals surface area (Å²) >= 11 is 0. The van der Waals surface area contributed by atoms with E-state index in [-0.39, 0.29) is 16.3 Å². The van der Waals surface area contributed by atoms with Gasteiger partial charge in [0, 0.05) is 24.9 Å². The van der Waals surface area contributed by atoms with Crippen molar-refractivity contribution in [2.45, 2.75) is 36.9 Å². The maximum atomic E-state index is 13.6. The van der Waals surface area contributed by atoms with Gasteiger partial charge in [-0.15, -0.1) is 0 Å². The fraction of sp³-hybridized carbons (Fsp3) is 0.350. The predicted octanol–water partition coefficient (Wildman–Crippen LogP) is 3.65. The van der Waals surface area contributed by atoms with Crippen LogP contribution in [-0.2, 0) is 29.0 Å². The van der Waals surface area contributed by atoms with Crippen molar-refractivity contribution in [3.05, 3.63) is 35.2 Å². The highest BCUT2D eigenvalue weighted by Gasteiger charge is 2.37. The molecule has 4 aromatic rings. The first-order chi connectivity index (χ1) is 15.1. The molecule has 0 spiro atoms. The number of nitrogens with zero attached hydrogens (tertiary/aromatic N) is 4. The van der Waals surface area contributed by atoms with Crippen molar-refractivity contribution in [1.29, 1.82) is 0 Å². The summed E-state index contributed by atoms with van der Waals surface area (Å²) in [6.07, 6.45) is -0.675. The highest BCUT2D eigenvalue weighted by Crippen LogP contribution is 2.42. The van der Waals surface area contributed by atoms with Gasteiger partial charge in [-0.3, -0.25) is 10.2 Å². The smallest absolute Gasteiger partial charge is 0.273 e. The monoisotopic (exact) mass is 464 g/mol. The minimum absolute atomic E-state index is 0.0512. The van der Waals surface area contributed by atoms with Crippen LogP contribution in [0.2, 0.25) is 0 Å². The number of halogens is 3. The van der Waals surface area contributed by atoms with Gasteiger partial charge in [-0.25, -0.2) is 17.7 Å². The molecular weight excluding hydrogens is 445 g/mol. The van der Waals surface area contributed by atoms with E-state index in [1.165, 1.54) is 14.1 Å². The van der Waals surface area contributed by atoms with Crippen molar-refractivity contribution in [2.75, 3.05) is 14.1 Å². The maximum absolute atomic E-state index is 13.6. The van der Waals surface area contributed by atoms with Crippen molar-refractivity contribution in [2.24, 2.45) is 0 Å². The van der Waals surface area contributed by atoms with E-state index >= 15 is 0 Å². The molecule has 3 heterocycles. The summed E-state index contributed by atoms with van der Waals surface area (Å²) in [6.45, 7) is 0. The number of pyridine rings is 1. The summed E-state index contributed by atoms with van der Waals surface area (Å²) < 4.78 is 67.6. The van der Waals surface area contributed by atoms with Gasteiger partial charge in [-0.1, -0.05) is 0 Å². The summed E-state index contributed by atoms with van der Waals surface area (Å²) in [5.41, 5.74) is 1.56. The molecule has 0 saturated heterocycles. The summed E-state index contributed by atoms with van der Waals surface area (Å²) in [5.74, 6) is 0. The number of benzene rings is 1. The highest BCUT2D eigenvalue weighted by atomic mass is 32.2. The van der Waals surface area contributed by atoms with Gasteiger partial charge in [0.2, 0.25) is 0 Å². The normalized spacial score (nSPS) is 15.1. The van der Waals surface area contributed by atoms with Gasteiger partial charge in [0.15, 0.2) is 5.03 Å². The van der Waals surface area contributed by atoms with Crippen molar-refractivity contribution in [3.63, 3.8) is 0 Å². The Morgan fingerprint density at radius 1 is 1.00 bits per heavy atom. The van der Waals surface area contributed by atoms with E-state index in [9.17, 15) is 21.6 Å². The van der Waals surface area contributed by atoms with Crippen LogP contribution < -0.4 is 0 Å². The van der Waals surface area contributed by atoms with E-state index in [4.69, 9.17) is 0 Å². The maximum Gasteiger partial charge on any atom is 0.433 e. The molecular formula is C20H19F3N6O2S. The number of hydrogen-bond acceptors (Lipinski definition) is 5. The van der Waals surface area contributed by atoms with Gasteiger partial charge in [0.05, 0.1) is 28.5 Å². The Morgan fingerprint density at radius 3 is 2.38 bits per heavy atom. The zero-order chi connectivity index (χ0) is 22.8. The van der Waals surface area contributed by atoms with Gasteiger partial charge in [-0.05, 0) is 48.9 Å². The van der Waals surface area contributed by atoms with Crippen LogP contribution in [0.5, 0.6) is 0 Å². The van der Waals surface area contributed by atoms with Crippen LogP contribution >= 0.6 is 0 Å². The summed E-state index contributed by atoms with van der Waals surface area (Å²) in [7, 11) is -0.980. The number of hydrogen-bond donors (Lipinski definition) is 2. The molecule has 2 N–H and O–H groups in total. The highest BCUT2D eigenvalue weighted by molar-refractivity contribution is 7.89. The quantitative estimate of drug-likeness (QED) is 0.481. The third-order valence-electron chi connectivity index (χ3n) is 5.87. The lowest BCUT2D eigenvalue weighted by Crippen LogP contribution is -2.23. The second kappa shape index (κ2) is 7.01. The number of fused-ring (bicyclic) bond motifs is 5. The van der Waals surface area contributed by atoms with Crippen LogP contribution in [-0.4, -0.2) is 52.2 Å². The fourth-order valence-corrected chi connectivity index (χ4v) is 5.36. The van der Waals surface area contributed by atoms with E-state index in [0.717, 1.165) is 28.9 Å². The van der Waals surface area contributed by atoms with Crippen molar-refractivity contribution in [1.82, 2.24) is 29.7 Å². The van der Waals surface area contributed by atoms with E-state index in [1.807, 2.05) is 0 Å². The molecule has 5 rings (SSSR count). The number of nitrogens with one attached hydrogen (secondary N) is 2. The number of H-pyrrole nitrogens is 2. The molecule has 0 saturated carbocycles. The first kappa shape index (κ1) is 20.9. The van der Waals surface area contributed by atoms with Crippen molar-refractivity contribution < 1.29 is 21.6 Å². The Morgan fingerprint density at radius 2 is 1.69 bits per heavy atom. The Kier molecular flexibility index (Phi) is 4.57. The SMILES string of the molecule is CN(C)S(=O)(=O)c1[nH]nc2ccc3nc(-c4cn[nH]c4C(F)(F)F)c4c(c3c12)CCCC4. The van der Waals surface area contributed by atoms with Gasteiger partial charge in [0.25, 0.3) is 10.0 Å². The molecule has 1 aliphatic carbocycles. The standard InChI is InChI=1S/C20H19F3N6O2S/c1-29(2)32(30,31)19-16-14(26-28-19)8-7-13-15(16)10-5-3-4-6-11(10)17(25-13)12-9-24-27-18(12)20(21,22)23/h7-9H,3-6H2,1-2H3,(H,24,27)(H,26,28). The molecule has 32 heavy (non-hydrogen) atoms. The van der Waals surface area contributed by atoms with E-state index < -0.39 is 21.9 Å². The molecule has 0 atom stereocenters. The lowest BCUT2D eigenvalue weighted by Gasteiger charge is -2.22. The van der Waals surface area contributed by atoms with E-state index in [0.29, 0.717) is 40.2 Å². The van der Waals surface area contributed by atoms with Crippen LogP contribution in [0.25, 0.3) is 33.1 Å². The molecule has 168 valence electrons. The Bertz CT molecular complexity index is 1470. The zero-order valence-corrected chi connectivity index (χ0v) is 18.0. The molecule has 3 aromatic heterocycles. The van der Waals surface area contributed by atoms with Crippen molar-refractivity contribution in [3.8, 4) is 11.3 Å². The topological polar surface area (TPSA) is 108 Å². The number of alkyl halides is 3. The Hall–Kier alpha value is -2.99. The van der Waals surface area contributed by atoms with E-state index in [1.54, 1.807) is 12.1 Å². The second-order valence-electron chi connectivity index (χ2n) is 7.98. The van der Waals surface area contributed by atoms with E-state index in [2.05, 4.69) is 25.4 Å². The van der Waals surface area contributed by atoms with Crippen LogP contribution in [0.15, 0.2) is 23.4 Å². The van der Waals surface area contributed by atoms with Gasteiger partial charge < -0.3 is 0 Å². The van der Waals surface area contributed by atoms with Gasteiger partial charge >= 0.3 is 6.18 Å². The molecule has 0 aliphatic heterocycles. The average Bonchev–Trinajstić information content (AvgIpc) is 3.40. The zero-order valence-electron chi connectivity index (χ0n) is 17.2. The van der Waals surface area contributed by atoms with Crippen molar-refractivity contribution >= 4 is 31.8 Å². The van der Waals surface area contributed by atoms with Crippen LogP contribution in [0.3, 0.4) is 0 Å². The molecule has 0 amide bonds. The molecule has 0 bridgehead atoms. The van der Waals surface area contributed by atoms with Gasteiger partial charge in [-0.2, -0.15) is 23.4 Å². The molecule has 12 heteroatoms. The summed E-state index contributed by atoms with van der Waals surface area (Å²) in [4.78, 5) is 4.59. The summed E-state index contributed by atoms with van der Waals surface area (Å²) in [5, 5.41) is 13.4. The van der Waals surface area contributed by atoms with Crippen LogP contribution in [0.1, 0.15) is 29.7 Å². The second-order valence-corrected chi connectivity index (χ2v) is 10.1. The Labute approximate surface area is 180 Å². The number of rotatable bonds is 3. The Balaban J connectivity index is 1.90. The predicted molar refractivity (Wildman–Crippen MR) is 111 cm³/mol. The minimum atomic E-state index is -4.61. The molecule has 1 aromatic carbocycles. The number of sulfonamides is 1. The largest absolute Gasteiger partial charge is 0.433 e. The molecule has 1 aliphatic rings. The fourth-order valence-electron chi connectivity index (χ4n) is 4.37. The lowest BCUT2D eigenvalue weighted by atomic mass is 9.85. The molecule has 0 radical (unpaired) electrons. The number of aryl methyl sites for hydroxylation is 1. The molecule has 0 fully saturated rings. The third-order valence-corrected chi connectivity index (χ3v) is 7.64. The number of aromatic nitrogens is 5. The van der Waals surface area contributed by atoms with Crippen LogP contribution in [0, 0.1) is 0 Å². The lowest BCUT2D eigenvalue weighted by molar-refractivity contribution is -0.140. The first-order valence-corrected chi connectivity index (χ1v) is 11.4. The summed E-state index contributed by atoms with van der Waals surface area (Å²) in [6, 6.07) is 3.28.